The summed E-state index contributed by atoms with van der Waals surface area (Å²) in [5, 5.41) is 34.7. The molecule has 5 N–H and O–H groups in total. The van der Waals surface area contributed by atoms with Crippen LogP contribution in [0.2, 0.25) is 0 Å². The summed E-state index contributed by atoms with van der Waals surface area (Å²) in [6.45, 7) is 3.20. The molecule has 0 spiro atoms. The van der Waals surface area contributed by atoms with E-state index >= 15 is 0 Å². The van der Waals surface area contributed by atoms with Gasteiger partial charge in [0.2, 0.25) is 5.88 Å². The quantitative estimate of drug-likeness (QED) is 0.414. The fourth-order valence-electron chi connectivity index (χ4n) is 3.57. The SMILES string of the molecule is CC(C)CNC(=O)c1c(O)c(C(=O)NCC(=O)O)c(=O)n(C2CCCCCC2)c1O. The smallest absolute Gasteiger partial charge is 0.322 e. The summed E-state index contributed by atoms with van der Waals surface area (Å²) in [7, 11) is 0. The fourth-order valence-corrected chi connectivity index (χ4v) is 3.57. The minimum Gasteiger partial charge on any atom is -0.506 e. The van der Waals surface area contributed by atoms with E-state index in [-0.39, 0.29) is 12.5 Å². The van der Waals surface area contributed by atoms with Crippen LogP contribution in [-0.4, -0.2) is 50.8 Å². The van der Waals surface area contributed by atoms with Crippen molar-refractivity contribution in [2.24, 2.45) is 5.92 Å². The summed E-state index contributed by atoms with van der Waals surface area (Å²) in [5.74, 6) is -4.86. The molecule has 1 aromatic heterocycles. The highest BCUT2D eigenvalue weighted by Gasteiger charge is 2.32. The first-order valence-corrected chi connectivity index (χ1v) is 10.1. The highest BCUT2D eigenvalue weighted by Crippen LogP contribution is 2.34. The van der Waals surface area contributed by atoms with E-state index in [1.807, 2.05) is 19.2 Å². The van der Waals surface area contributed by atoms with Crippen molar-refractivity contribution in [3.63, 3.8) is 0 Å². The molecule has 2 rings (SSSR count). The maximum atomic E-state index is 13.1. The van der Waals surface area contributed by atoms with E-state index in [1.54, 1.807) is 0 Å². The Morgan fingerprint density at radius 3 is 2.10 bits per heavy atom. The molecule has 166 valence electrons. The first kappa shape index (κ1) is 23.2. The van der Waals surface area contributed by atoms with Gasteiger partial charge in [0.15, 0.2) is 5.75 Å². The zero-order valence-electron chi connectivity index (χ0n) is 17.2. The van der Waals surface area contributed by atoms with Crippen LogP contribution < -0.4 is 16.2 Å². The number of hydrogen-bond donors (Lipinski definition) is 5. The van der Waals surface area contributed by atoms with Crippen molar-refractivity contribution >= 4 is 17.8 Å². The minimum absolute atomic E-state index is 0.0873. The number of rotatable bonds is 7. The molecule has 0 aromatic carbocycles. The van der Waals surface area contributed by atoms with E-state index in [0.29, 0.717) is 12.8 Å². The Labute approximate surface area is 173 Å². The van der Waals surface area contributed by atoms with Gasteiger partial charge in [-0.3, -0.25) is 23.7 Å². The zero-order chi connectivity index (χ0) is 22.4. The van der Waals surface area contributed by atoms with Crippen molar-refractivity contribution in [3.8, 4) is 11.6 Å². The first-order valence-electron chi connectivity index (χ1n) is 10.1. The molecular weight excluding hydrogens is 394 g/mol. The molecule has 0 atom stereocenters. The molecule has 1 saturated carbocycles. The Morgan fingerprint density at radius 2 is 1.57 bits per heavy atom. The van der Waals surface area contributed by atoms with E-state index in [4.69, 9.17) is 5.11 Å². The monoisotopic (exact) mass is 423 g/mol. The molecule has 1 aliphatic rings. The number of carboxylic acids is 1. The van der Waals surface area contributed by atoms with Gasteiger partial charge in [0.25, 0.3) is 17.4 Å². The van der Waals surface area contributed by atoms with Crippen LogP contribution in [-0.2, 0) is 4.79 Å². The number of hydrogen-bond acceptors (Lipinski definition) is 6. The number of nitrogens with zero attached hydrogens (tertiary/aromatic N) is 1. The standard InChI is InChI=1S/C20H29N3O7/c1-11(2)9-21-17(27)14-16(26)15(18(28)22-10-13(24)25)20(30)23(19(14)29)12-7-5-3-4-6-8-12/h11-12,26,29H,3-10H2,1-2H3,(H,21,27)(H,22,28)(H,24,25). The lowest BCUT2D eigenvalue weighted by Gasteiger charge is -2.23. The fraction of sp³-hybridized carbons (Fsp3) is 0.600. The zero-order valence-corrected chi connectivity index (χ0v) is 17.2. The highest BCUT2D eigenvalue weighted by molar-refractivity contribution is 6.05. The van der Waals surface area contributed by atoms with Crippen LogP contribution in [0.15, 0.2) is 4.79 Å². The average molecular weight is 423 g/mol. The van der Waals surface area contributed by atoms with Crippen molar-refractivity contribution < 1.29 is 29.7 Å². The summed E-state index contributed by atoms with van der Waals surface area (Å²) in [4.78, 5) is 49.0. The molecule has 30 heavy (non-hydrogen) atoms. The molecule has 2 amide bonds. The van der Waals surface area contributed by atoms with Crippen molar-refractivity contribution in [3.05, 3.63) is 21.5 Å². The number of pyridine rings is 1. The number of carboxylic acid groups (broad SMARTS) is 1. The van der Waals surface area contributed by atoms with Gasteiger partial charge in [-0.15, -0.1) is 0 Å². The molecule has 1 heterocycles. The van der Waals surface area contributed by atoms with E-state index < -0.39 is 58.7 Å². The van der Waals surface area contributed by atoms with Gasteiger partial charge in [0, 0.05) is 12.6 Å². The van der Waals surface area contributed by atoms with Gasteiger partial charge in [0.05, 0.1) is 0 Å². The largest absolute Gasteiger partial charge is 0.506 e. The molecule has 0 saturated heterocycles. The van der Waals surface area contributed by atoms with Crippen molar-refractivity contribution in [1.29, 1.82) is 0 Å². The second kappa shape index (κ2) is 10.1. The number of aromatic nitrogens is 1. The van der Waals surface area contributed by atoms with Crippen molar-refractivity contribution in [1.82, 2.24) is 15.2 Å². The Kier molecular flexibility index (Phi) is 7.85. The lowest BCUT2D eigenvalue weighted by molar-refractivity contribution is -0.135. The van der Waals surface area contributed by atoms with Crippen LogP contribution >= 0.6 is 0 Å². The molecule has 1 aliphatic carbocycles. The van der Waals surface area contributed by atoms with Gasteiger partial charge in [-0.05, 0) is 18.8 Å². The van der Waals surface area contributed by atoms with Gasteiger partial charge in [0.1, 0.15) is 17.7 Å². The van der Waals surface area contributed by atoms with E-state index in [9.17, 15) is 29.4 Å². The van der Waals surface area contributed by atoms with Crippen molar-refractivity contribution in [2.45, 2.75) is 58.4 Å². The van der Waals surface area contributed by atoms with Gasteiger partial charge >= 0.3 is 5.97 Å². The Hall–Kier alpha value is -3.04. The van der Waals surface area contributed by atoms with Crippen LogP contribution in [0.5, 0.6) is 11.6 Å². The van der Waals surface area contributed by atoms with Crippen LogP contribution in [0.4, 0.5) is 0 Å². The maximum absolute atomic E-state index is 13.1. The third kappa shape index (κ3) is 5.31. The summed E-state index contributed by atoms with van der Waals surface area (Å²) in [5.41, 5.74) is -2.28. The topological polar surface area (TPSA) is 158 Å². The summed E-state index contributed by atoms with van der Waals surface area (Å²) >= 11 is 0. The normalized spacial score (nSPS) is 14.9. The minimum atomic E-state index is -1.33. The number of carbonyl (C=O) groups is 3. The summed E-state index contributed by atoms with van der Waals surface area (Å²) < 4.78 is 0.991. The van der Waals surface area contributed by atoms with Crippen LogP contribution in [0.1, 0.15) is 79.1 Å². The number of amides is 2. The molecule has 1 aromatic rings. The predicted octanol–water partition coefficient (Wildman–Crippen LogP) is 1.35. The number of nitrogens with one attached hydrogen (secondary N) is 2. The van der Waals surface area contributed by atoms with E-state index in [0.717, 1.165) is 30.3 Å². The second-order valence-corrected chi connectivity index (χ2v) is 7.92. The van der Waals surface area contributed by atoms with Gasteiger partial charge in [-0.1, -0.05) is 39.5 Å². The first-order chi connectivity index (χ1) is 14.1. The molecule has 0 aliphatic heterocycles. The average Bonchev–Trinajstić information content (AvgIpc) is 2.94. The Balaban J connectivity index is 2.62. The lowest BCUT2D eigenvalue weighted by atomic mass is 10.0. The van der Waals surface area contributed by atoms with E-state index in [1.165, 1.54) is 0 Å². The third-order valence-corrected chi connectivity index (χ3v) is 5.07. The number of aromatic hydroxyl groups is 2. The van der Waals surface area contributed by atoms with Crippen LogP contribution in [0, 0.1) is 5.92 Å². The van der Waals surface area contributed by atoms with Gasteiger partial charge in [-0.25, -0.2) is 0 Å². The molecule has 1 fully saturated rings. The molecule has 0 radical (unpaired) electrons. The lowest BCUT2D eigenvalue weighted by Crippen LogP contribution is -2.38. The number of carbonyl (C=O) groups excluding carboxylic acids is 2. The summed E-state index contributed by atoms with van der Waals surface area (Å²) in [6.07, 6.45) is 4.71. The maximum Gasteiger partial charge on any atom is 0.322 e. The predicted molar refractivity (Wildman–Crippen MR) is 108 cm³/mol. The molecule has 10 nitrogen and oxygen atoms in total. The van der Waals surface area contributed by atoms with Gasteiger partial charge < -0.3 is 26.0 Å². The highest BCUT2D eigenvalue weighted by atomic mass is 16.4. The second-order valence-electron chi connectivity index (χ2n) is 7.92. The van der Waals surface area contributed by atoms with Gasteiger partial charge in [-0.2, -0.15) is 0 Å². The van der Waals surface area contributed by atoms with Crippen molar-refractivity contribution in [2.75, 3.05) is 13.1 Å². The Bertz CT molecular complexity index is 868. The summed E-state index contributed by atoms with van der Waals surface area (Å²) in [6, 6.07) is -0.441. The molecule has 10 heteroatoms. The Morgan fingerprint density at radius 1 is 1.00 bits per heavy atom. The third-order valence-electron chi connectivity index (χ3n) is 5.07. The molecule has 0 bridgehead atoms. The molecular formula is C20H29N3O7. The van der Waals surface area contributed by atoms with E-state index in [2.05, 4.69) is 5.32 Å². The van der Waals surface area contributed by atoms with Crippen LogP contribution in [0.3, 0.4) is 0 Å². The number of aliphatic carboxylic acids is 1. The molecule has 0 unspecified atom stereocenters. The van der Waals surface area contributed by atoms with Crippen LogP contribution in [0.25, 0.3) is 0 Å².